The fraction of sp³-hybridized carbons (Fsp3) is 0.364. The molecule has 0 aliphatic carbocycles. The number of aliphatic hydroxyl groups is 1. The number of rotatable bonds is 5. The van der Waals surface area contributed by atoms with Crippen molar-refractivity contribution in [3.05, 3.63) is 35.9 Å². The van der Waals surface area contributed by atoms with Crippen molar-refractivity contribution in [2.75, 3.05) is 0 Å². The molecule has 1 aromatic rings. The largest absolute Gasteiger partial charge is 0.393 e. The van der Waals surface area contributed by atoms with Gasteiger partial charge in [0.15, 0.2) is 0 Å². The highest BCUT2D eigenvalue weighted by atomic mass is 16.3. The third kappa shape index (κ3) is 3.85. The minimum Gasteiger partial charge on any atom is -0.393 e. The Bertz CT molecular complexity index is 244. The Morgan fingerprint density at radius 2 is 2.00 bits per heavy atom. The van der Waals surface area contributed by atoms with E-state index in [-0.39, 0.29) is 6.42 Å². The Balaban J connectivity index is 2.30. The zero-order valence-electron chi connectivity index (χ0n) is 7.52. The molecule has 0 spiro atoms. The van der Waals surface area contributed by atoms with Gasteiger partial charge in [0.25, 0.3) is 0 Å². The lowest BCUT2D eigenvalue weighted by molar-refractivity contribution is -0.109. The number of carbonyl (C=O) groups excluding carboxylic acids is 1. The molecule has 2 heteroatoms. The molecule has 0 aromatic heterocycles. The number of aryl methyl sites for hydroxylation is 1. The third-order valence-corrected chi connectivity index (χ3v) is 1.98. The highest BCUT2D eigenvalue weighted by Crippen LogP contribution is 2.05. The number of carbonyl (C=O) groups is 1. The van der Waals surface area contributed by atoms with E-state index in [0.29, 0.717) is 6.42 Å². The Kier molecular flexibility index (Phi) is 4.19. The van der Waals surface area contributed by atoms with Crippen LogP contribution in [0, 0.1) is 0 Å². The summed E-state index contributed by atoms with van der Waals surface area (Å²) in [6.07, 6.45) is 2.00. The molecule has 0 aliphatic rings. The number of benzene rings is 1. The number of hydrogen-bond acceptors (Lipinski definition) is 2. The van der Waals surface area contributed by atoms with Crippen molar-refractivity contribution in [2.24, 2.45) is 0 Å². The second kappa shape index (κ2) is 5.49. The molecule has 1 aromatic carbocycles. The van der Waals surface area contributed by atoms with E-state index >= 15 is 0 Å². The molecular weight excluding hydrogens is 164 g/mol. The minimum atomic E-state index is -0.488. The zero-order valence-corrected chi connectivity index (χ0v) is 7.52. The van der Waals surface area contributed by atoms with Crippen molar-refractivity contribution < 1.29 is 9.90 Å². The molecule has 0 aliphatic heterocycles. The van der Waals surface area contributed by atoms with E-state index in [1.807, 2.05) is 30.3 Å². The van der Waals surface area contributed by atoms with Crippen molar-refractivity contribution in [3.63, 3.8) is 0 Å². The molecule has 0 heterocycles. The highest BCUT2D eigenvalue weighted by molar-refractivity contribution is 5.49. The average Bonchev–Trinajstić information content (AvgIpc) is 2.17. The third-order valence-electron chi connectivity index (χ3n) is 1.98. The van der Waals surface area contributed by atoms with Crippen LogP contribution in [0.2, 0.25) is 0 Å². The first-order valence-corrected chi connectivity index (χ1v) is 4.48. The summed E-state index contributed by atoms with van der Waals surface area (Å²) in [4.78, 5) is 10.1. The Morgan fingerprint density at radius 3 is 2.62 bits per heavy atom. The van der Waals surface area contributed by atoms with Crippen LogP contribution in [0.25, 0.3) is 0 Å². The maximum absolute atomic E-state index is 10.1. The monoisotopic (exact) mass is 178 g/mol. The average molecular weight is 178 g/mol. The second-order valence-electron chi connectivity index (χ2n) is 3.08. The van der Waals surface area contributed by atoms with E-state index in [1.54, 1.807) is 0 Å². The fourth-order valence-corrected chi connectivity index (χ4v) is 1.21. The maximum atomic E-state index is 10.1. The van der Waals surface area contributed by atoms with Crippen LogP contribution in [0.4, 0.5) is 0 Å². The van der Waals surface area contributed by atoms with Crippen LogP contribution >= 0.6 is 0 Å². The Hall–Kier alpha value is -1.15. The van der Waals surface area contributed by atoms with Crippen LogP contribution in [0.5, 0.6) is 0 Å². The first-order valence-electron chi connectivity index (χ1n) is 4.48. The number of aliphatic hydroxyl groups excluding tert-OH is 1. The van der Waals surface area contributed by atoms with Gasteiger partial charge in [-0.3, -0.25) is 0 Å². The molecule has 1 N–H and O–H groups in total. The van der Waals surface area contributed by atoms with Crippen LogP contribution in [0.3, 0.4) is 0 Å². The van der Waals surface area contributed by atoms with Crippen molar-refractivity contribution in [3.8, 4) is 0 Å². The van der Waals surface area contributed by atoms with Gasteiger partial charge in [-0.25, -0.2) is 0 Å². The summed E-state index contributed by atoms with van der Waals surface area (Å²) in [5.74, 6) is 0. The van der Waals surface area contributed by atoms with Gasteiger partial charge in [0.2, 0.25) is 0 Å². The summed E-state index contributed by atoms with van der Waals surface area (Å²) in [6.45, 7) is 0. The molecule has 0 saturated heterocycles. The molecular formula is C11H14O2. The van der Waals surface area contributed by atoms with Gasteiger partial charge in [-0.2, -0.15) is 0 Å². The van der Waals surface area contributed by atoms with Crippen LogP contribution in [0.1, 0.15) is 18.4 Å². The molecule has 1 rings (SSSR count). The van der Waals surface area contributed by atoms with Crippen LogP contribution in [-0.4, -0.2) is 17.5 Å². The molecule has 2 nitrogen and oxygen atoms in total. The summed E-state index contributed by atoms with van der Waals surface area (Å²) in [7, 11) is 0. The van der Waals surface area contributed by atoms with Gasteiger partial charge >= 0.3 is 0 Å². The molecule has 0 saturated carbocycles. The summed E-state index contributed by atoms with van der Waals surface area (Å²) in [6, 6.07) is 9.95. The zero-order chi connectivity index (χ0) is 9.52. The minimum absolute atomic E-state index is 0.243. The van der Waals surface area contributed by atoms with Crippen LogP contribution < -0.4 is 0 Å². The van der Waals surface area contributed by atoms with E-state index in [0.717, 1.165) is 12.7 Å². The molecule has 0 bridgehead atoms. The maximum Gasteiger partial charge on any atom is 0.122 e. The predicted octanol–water partition coefficient (Wildman–Crippen LogP) is 1.57. The first-order chi connectivity index (χ1) is 6.33. The van der Waals surface area contributed by atoms with Crippen LogP contribution in [0.15, 0.2) is 30.3 Å². The fourth-order valence-electron chi connectivity index (χ4n) is 1.21. The lowest BCUT2D eigenvalue weighted by Crippen LogP contribution is -2.08. The van der Waals surface area contributed by atoms with Gasteiger partial charge in [0.1, 0.15) is 6.29 Å². The van der Waals surface area contributed by atoms with Crippen LogP contribution in [-0.2, 0) is 11.2 Å². The van der Waals surface area contributed by atoms with Crippen molar-refractivity contribution in [2.45, 2.75) is 25.4 Å². The van der Waals surface area contributed by atoms with Gasteiger partial charge < -0.3 is 9.90 Å². The van der Waals surface area contributed by atoms with Crippen molar-refractivity contribution in [1.29, 1.82) is 0 Å². The number of aldehydes is 1. The van der Waals surface area contributed by atoms with Gasteiger partial charge in [-0.05, 0) is 18.4 Å². The number of hydrogen-bond donors (Lipinski definition) is 1. The van der Waals surface area contributed by atoms with Crippen molar-refractivity contribution in [1.82, 2.24) is 0 Å². The quantitative estimate of drug-likeness (QED) is 0.695. The lowest BCUT2D eigenvalue weighted by Gasteiger charge is -2.05. The van der Waals surface area contributed by atoms with E-state index in [9.17, 15) is 9.90 Å². The van der Waals surface area contributed by atoms with E-state index in [1.165, 1.54) is 5.56 Å². The molecule has 13 heavy (non-hydrogen) atoms. The standard InChI is InChI=1S/C11H14O2/c12-9-8-11(13)7-6-10-4-2-1-3-5-10/h1-5,9,11,13H,6-8H2/t11-/m1/s1. The molecule has 70 valence electrons. The summed E-state index contributed by atoms with van der Waals surface area (Å²) < 4.78 is 0. The van der Waals surface area contributed by atoms with Gasteiger partial charge in [0, 0.05) is 6.42 Å². The highest BCUT2D eigenvalue weighted by Gasteiger charge is 2.02. The van der Waals surface area contributed by atoms with Gasteiger partial charge in [-0.15, -0.1) is 0 Å². The summed E-state index contributed by atoms with van der Waals surface area (Å²) >= 11 is 0. The second-order valence-corrected chi connectivity index (χ2v) is 3.08. The van der Waals surface area contributed by atoms with Gasteiger partial charge in [-0.1, -0.05) is 30.3 Å². The van der Waals surface area contributed by atoms with E-state index in [4.69, 9.17) is 0 Å². The normalized spacial score (nSPS) is 12.4. The first kappa shape index (κ1) is 9.93. The SMILES string of the molecule is O=CC[C@H](O)CCc1ccccc1. The smallest absolute Gasteiger partial charge is 0.122 e. The molecule has 0 radical (unpaired) electrons. The van der Waals surface area contributed by atoms with E-state index < -0.39 is 6.10 Å². The Morgan fingerprint density at radius 1 is 1.31 bits per heavy atom. The topological polar surface area (TPSA) is 37.3 Å². The van der Waals surface area contributed by atoms with E-state index in [2.05, 4.69) is 0 Å². The molecule has 1 atom stereocenters. The Labute approximate surface area is 78.2 Å². The molecule has 0 amide bonds. The molecule has 0 unspecified atom stereocenters. The predicted molar refractivity (Wildman–Crippen MR) is 51.5 cm³/mol. The van der Waals surface area contributed by atoms with Gasteiger partial charge in [0.05, 0.1) is 6.10 Å². The summed E-state index contributed by atoms with van der Waals surface area (Å²) in [5, 5.41) is 9.28. The summed E-state index contributed by atoms with van der Waals surface area (Å²) in [5.41, 5.74) is 1.20. The molecule has 0 fully saturated rings. The lowest BCUT2D eigenvalue weighted by atomic mass is 10.1. The van der Waals surface area contributed by atoms with Crippen molar-refractivity contribution >= 4 is 6.29 Å².